The molecular weight excluding hydrogens is 442 g/mol. The molecule has 1 saturated heterocycles. The Kier molecular flexibility index (Phi) is 7.03. The van der Waals surface area contributed by atoms with Crippen molar-refractivity contribution in [1.82, 2.24) is 4.72 Å². The lowest BCUT2D eigenvalue weighted by Crippen LogP contribution is -2.35. The van der Waals surface area contributed by atoms with Crippen LogP contribution in [0.1, 0.15) is 27.9 Å². The van der Waals surface area contributed by atoms with Crippen molar-refractivity contribution in [2.75, 3.05) is 24.7 Å². The molecular formula is C21H25NO7S2. The van der Waals surface area contributed by atoms with Crippen LogP contribution in [0.15, 0.2) is 47.4 Å². The van der Waals surface area contributed by atoms with Crippen LogP contribution in [0, 0.1) is 13.8 Å². The molecule has 2 aromatic carbocycles. The summed E-state index contributed by atoms with van der Waals surface area (Å²) < 4.78 is 61.2. The summed E-state index contributed by atoms with van der Waals surface area (Å²) in [5, 5.41) is 0. The minimum atomic E-state index is -3.88. The summed E-state index contributed by atoms with van der Waals surface area (Å²) in [6.45, 7) is 4.11. The standard InChI is InChI=1S/C21H25NO7S2/c1-15-4-3-5-16(2)20(15)28-11-12-29-21(23)17-6-8-19(9-7-17)31(26,27)22-18-10-13-30(24,25)14-18/h3-9,18,22H,10-14H2,1-2H3/t18-/m0/s1. The highest BCUT2D eigenvalue weighted by molar-refractivity contribution is 7.92. The molecule has 1 atom stereocenters. The first-order chi connectivity index (χ1) is 14.6. The van der Waals surface area contributed by atoms with Crippen LogP contribution in [0.4, 0.5) is 0 Å². The topological polar surface area (TPSA) is 116 Å². The van der Waals surface area contributed by atoms with Gasteiger partial charge in [0.2, 0.25) is 10.0 Å². The Bertz CT molecular complexity index is 1140. The van der Waals surface area contributed by atoms with Crippen LogP contribution >= 0.6 is 0 Å². The highest BCUT2D eigenvalue weighted by Crippen LogP contribution is 2.22. The van der Waals surface area contributed by atoms with Crippen molar-refractivity contribution in [1.29, 1.82) is 0 Å². The molecule has 31 heavy (non-hydrogen) atoms. The second-order valence-corrected chi connectivity index (χ2v) is 11.4. The highest BCUT2D eigenvalue weighted by Gasteiger charge is 2.31. The fourth-order valence-electron chi connectivity index (χ4n) is 3.33. The summed E-state index contributed by atoms with van der Waals surface area (Å²) in [5.41, 5.74) is 2.19. The quantitative estimate of drug-likeness (QED) is 0.466. The molecule has 2 aromatic rings. The molecule has 0 radical (unpaired) electrons. The van der Waals surface area contributed by atoms with Crippen LogP contribution < -0.4 is 9.46 Å². The number of carbonyl (C=O) groups is 1. The van der Waals surface area contributed by atoms with Gasteiger partial charge in [-0.05, 0) is 55.7 Å². The zero-order valence-corrected chi connectivity index (χ0v) is 19.0. The summed E-state index contributed by atoms with van der Waals surface area (Å²) in [7, 11) is -7.08. The minimum absolute atomic E-state index is 0.0297. The van der Waals surface area contributed by atoms with Gasteiger partial charge in [-0.3, -0.25) is 0 Å². The number of carbonyl (C=O) groups excluding carboxylic acids is 1. The van der Waals surface area contributed by atoms with Crippen molar-refractivity contribution in [3.63, 3.8) is 0 Å². The Morgan fingerprint density at radius 2 is 1.71 bits per heavy atom. The predicted octanol–water partition coefficient (Wildman–Crippen LogP) is 2.00. The fraction of sp³-hybridized carbons (Fsp3) is 0.381. The largest absolute Gasteiger partial charge is 0.489 e. The van der Waals surface area contributed by atoms with E-state index >= 15 is 0 Å². The molecule has 1 fully saturated rings. The Balaban J connectivity index is 1.52. The summed E-state index contributed by atoms with van der Waals surface area (Å²) >= 11 is 0. The van der Waals surface area contributed by atoms with Crippen molar-refractivity contribution in [3.05, 3.63) is 59.2 Å². The zero-order valence-electron chi connectivity index (χ0n) is 17.3. The second kappa shape index (κ2) is 9.37. The minimum Gasteiger partial charge on any atom is -0.489 e. The van der Waals surface area contributed by atoms with Crippen molar-refractivity contribution < 1.29 is 31.1 Å². The number of benzene rings is 2. The molecule has 0 bridgehead atoms. The number of ether oxygens (including phenoxy) is 2. The van der Waals surface area contributed by atoms with Gasteiger partial charge in [0.25, 0.3) is 0 Å². The molecule has 1 aliphatic rings. The van der Waals surface area contributed by atoms with Crippen molar-refractivity contribution in [2.45, 2.75) is 31.2 Å². The molecule has 0 saturated carbocycles. The Morgan fingerprint density at radius 3 is 2.29 bits per heavy atom. The number of para-hydroxylation sites is 1. The van der Waals surface area contributed by atoms with Gasteiger partial charge in [-0.25, -0.2) is 26.4 Å². The number of sulfone groups is 1. The zero-order chi connectivity index (χ0) is 22.6. The van der Waals surface area contributed by atoms with Crippen molar-refractivity contribution in [3.8, 4) is 5.75 Å². The van der Waals surface area contributed by atoms with Crippen LogP contribution in [0.3, 0.4) is 0 Å². The van der Waals surface area contributed by atoms with Gasteiger partial charge < -0.3 is 9.47 Å². The number of nitrogens with one attached hydrogen (secondary N) is 1. The van der Waals surface area contributed by atoms with E-state index in [-0.39, 0.29) is 41.6 Å². The highest BCUT2D eigenvalue weighted by atomic mass is 32.2. The molecule has 168 valence electrons. The Morgan fingerprint density at radius 1 is 1.06 bits per heavy atom. The smallest absolute Gasteiger partial charge is 0.338 e. The van der Waals surface area contributed by atoms with Gasteiger partial charge in [0.15, 0.2) is 9.84 Å². The molecule has 1 aliphatic heterocycles. The number of esters is 1. The lowest BCUT2D eigenvalue weighted by atomic mass is 10.1. The van der Waals surface area contributed by atoms with Crippen molar-refractivity contribution >= 4 is 25.8 Å². The van der Waals surface area contributed by atoms with Gasteiger partial charge >= 0.3 is 5.97 Å². The van der Waals surface area contributed by atoms with E-state index in [0.717, 1.165) is 16.9 Å². The maximum Gasteiger partial charge on any atom is 0.338 e. The molecule has 0 amide bonds. The van der Waals surface area contributed by atoms with E-state index in [1.54, 1.807) is 0 Å². The number of hydrogen-bond acceptors (Lipinski definition) is 7. The van der Waals surface area contributed by atoms with Gasteiger partial charge in [-0.1, -0.05) is 18.2 Å². The first-order valence-electron chi connectivity index (χ1n) is 9.76. The Labute approximate surface area is 182 Å². The summed E-state index contributed by atoms with van der Waals surface area (Å²) in [5.74, 6) is -0.0710. The number of sulfonamides is 1. The summed E-state index contributed by atoms with van der Waals surface area (Å²) in [6.07, 6.45) is 0.246. The van der Waals surface area contributed by atoms with Crippen LogP contribution in [0.5, 0.6) is 5.75 Å². The summed E-state index contributed by atoms with van der Waals surface area (Å²) in [4.78, 5) is 12.1. The third-order valence-electron chi connectivity index (χ3n) is 4.93. The molecule has 0 spiro atoms. The molecule has 10 heteroatoms. The molecule has 3 rings (SSSR count). The van der Waals surface area contributed by atoms with E-state index in [1.807, 2.05) is 32.0 Å². The van der Waals surface area contributed by atoms with E-state index in [0.29, 0.717) is 0 Å². The number of aryl methyl sites for hydroxylation is 2. The van der Waals surface area contributed by atoms with Gasteiger partial charge in [0.05, 0.1) is 22.0 Å². The monoisotopic (exact) mass is 467 g/mol. The number of hydrogen-bond donors (Lipinski definition) is 1. The lowest BCUT2D eigenvalue weighted by molar-refractivity contribution is 0.0449. The van der Waals surface area contributed by atoms with Crippen LogP contribution in [0.25, 0.3) is 0 Å². The second-order valence-electron chi connectivity index (χ2n) is 7.45. The first kappa shape index (κ1) is 23.2. The number of rotatable bonds is 8. The van der Waals surface area contributed by atoms with E-state index < -0.39 is 31.9 Å². The first-order valence-corrected chi connectivity index (χ1v) is 13.1. The van der Waals surface area contributed by atoms with E-state index in [2.05, 4.69) is 4.72 Å². The van der Waals surface area contributed by atoms with Gasteiger partial charge in [-0.2, -0.15) is 0 Å². The maximum absolute atomic E-state index is 12.4. The van der Waals surface area contributed by atoms with Crippen molar-refractivity contribution in [2.24, 2.45) is 0 Å². The third kappa shape index (κ3) is 6.05. The Hall–Kier alpha value is -2.43. The van der Waals surface area contributed by atoms with Crippen LogP contribution in [-0.2, 0) is 24.6 Å². The summed E-state index contributed by atoms with van der Waals surface area (Å²) in [6, 6.07) is 10.5. The molecule has 1 N–H and O–H groups in total. The lowest BCUT2D eigenvalue weighted by Gasteiger charge is -2.13. The van der Waals surface area contributed by atoms with Crippen LogP contribution in [-0.4, -0.2) is 53.6 Å². The molecule has 0 unspecified atom stereocenters. The van der Waals surface area contributed by atoms with Gasteiger partial charge in [-0.15, -0.1) is 0 Å². The average Bonchev–Trinajstić information content (AvgIpc) is 3.04. The SMILES string of the molecule is Cc1cccc(C)c1OCCOC(=O)c1ccc(S(=O)(=O)N[C@H]2CCS(=O)(=O)C2)cc1. The molecule has 8 nitrogen and oxygen atoms in total. The fourth-order valence-corrected chi connectivity index (χ4v) is 6.38. The van der Waals surface area contributed by atoms with E-state index in [1.165, 1.54) is 24.3 Å². The molecule has 0 aliphatic carbocycles. The van der Waals surface area contributed by atoms with Gasteiger partial charge in [0, 0.05) is 6.04 Å². The normalized spacial score (nSPS) is 17.9. The van der Waals surface area contributed by atoms with Crippen LogP contribution in [0.2, 0.25) is 0 Å². The third-order valence-corrected chi connectivity index (χ3v) is 8.23. The maximum atomic E-state index is 12.4. The molecule has 1 heterocycles. The van der Waals surface area contributed by atoms with E-state index in [9.17, 15) is 21.6 Å². The van der Waals surface area contributed by atoms with E-state index in [4.69, 9.17) is 9.47 Å². The molecule has 0 aromatic heterocycles. The average molecular weight is 468 g/mol. The van der Waals surface area contributed by atoms with Gasteiger partial charge in [0.1, 0.15) is 19.0 Å². The predicted molar refractivity (Wildman–Crippen MR) is 116 cm³/mol.